The van der Waals surface area contributed by atoms with Crippen LogP contribution in [0.2, 0.25) is 5.02 Å². The number of phenolic OH excluding ortho intramolecular Hbond substituents is 1. The van der Waals surface area contributed by atoms with E-state index in [0.29, 0.717) is 17.3 Å². The molecule has 1 aliphatic carbocycles. The number of benzene rings is 1. The number of hydrogen-bond donors (Lipinski definition) is 2. The van der Waals surface area contributed by atoms with Crippen molar-refractivity contribution in [3.05, 3.63) is 28.8 Å². The van der Waals surface area contributed by atoms with Crippen molar-refractivity contribution in [1.82, 2.24) is 0 Å². The molecule has 1 atom stereocenters. The summed E-state index contributed by atoms with van der Waals surface area (Å²) in [7, 11) is 0. The zero-order valence-electron chi connectivity index (χ0n) is 9.05. The number of hydrogen-bond acceptors (Lipinski definition) is 2. The van der Waals surface area contributed by atoms with Crippen LogP contribution < -0.4 is 5.73 Å². The Bertz CT molecular complexity index is 403. The number of phenols is 1. The molecule has 3 N–H and O–H groups in total. The maximum absolute atomic E-state index is 9.86. The van der Waals surface area contributed by atoms with E-state index in [1.54, 1.807) is 12.1 Å². The Kier molecular flexibility index (Phi) is 2.25. The van der Waals surface area contributed by atoms with Crippen LogP contribution in [0.1, 0.15) is 25.8 Å². The average molecular weight is 226 g/mol. The van der Waals surface area contributed by atoms with E-state index in [1.807, 2.05) is 6.07 Å². The van der Waals surface area contributed by atoms with Crippen LogP contribution in [0.25, 0.3) is 0 Å². The van der Waals surface area contributed by atoms with Gasteiger partial charge in [-0.3, -0.25) is 0 Å². The van der Waals surface area contributed by atoms with Crippen molar-refractivity contribution in [3.63, 3.8) is 0 Å². The third-order valence-electron chi connectivity index (χ3n) is 3.74. The van der Waals surface area contributed by atoms with Crippen LogP contribution in [0.5, 0.6) is 5.75 Å². The lowest BCUT2D eigenvalue weighted by Gasteiger charge is -2.20. The van der Waals surface area contributed by atoms with Gasteiger partial charge in [0.05, 0.1) is 0 Å². The second-order valence-corrected chi connectivity index (χ2v) is 5.44. The second kappa shape index (κ2) is 3.13. The lowest BCUT2D eigenvalue weighted by molar-refractivity contribution is 0.437. The van der Waals surface area contributed by atoms with Crippen molar-refractivity contribution in [1.29, 1.82) is 0 Å². The van der Waals surface area contributed by atoms with Gasteiger partial charge in [-0.1, -0.05) is 25.4 Å². The van der Waals surface area contributed by atoms with E-state index in [4.69, 9.17) is 17.3 Å². The highest BCUT2D eigenvalue weighted by atomic mass is 35.5. The molecule has 15 heavy (non-hydrogen) atoms. The van der Waals surface area contributed by atoms with Gasteiger partial charge in [-0.15, -0.1) is 0 Å². The Morgan fingerprint density at radius 2 is 2.07 bits per heavy atom. The molecule has 1 aliphatic rings. The maximum Gasteiger partial charge on any atom is 0.119 e. The molecule has 0 heterocycles. The lowest BCUT2D eigenvalue weighted by Crippen LogP contribution is -2.25. The summed E-state index contributed by atoms with van der Waals surface area (Å²) < 4.78 is 0. The summed E-state index contributed by atoms with van der Waals surface area (Å²) in [6, 6.07) is 5.17. The summed E-state index contributed by atoms with van der Waals surface area (Å²) in [6.07, 6.45) is 1.00. The molecule has 0 radical (unpaired) electrons. The minimum absolute atomic E-state index is 0.0953. The van der Waals surface area contributed by atoms with Gasteiger partial charge < -0.3 is 10.8 Å². The van der Waals surface area contributed by atoms with Crippen molar-refractivity contribution in [2.24, 2.45) is 11.1 Å². The van der Waals surface area contributed by atoms with Gasteiger partial charge in [-0.2, -0.15) is 0 Å². The van der Waals surface area contributed by atoms with Crippen LogP contribution in [-0.2, 0) is 5.41 Å². The molecule has 0 spiro atoms. The fraction of sp³-hybridized carbons (Fsp3) is 0.500. The molecule has 1 aromatic carbocycles. The van der Waals surface area contributed by atoms with Gasteiger partial charge in [0.1, 0.15) is 5.75 Å². The molecule has 1 saturated carbocycles. The molecular weight excluding hydrogens is 210 g/mol. The molecule has 2 rings (SSSR count). The number of aromatic hydroxyl groups is 1. The van der Waals surface area contributed by atoms with Crippen LogP contribution in [0.15, 0.2) is 18.2 Å². The fourth-order valence-electron chi connectivity index (χ4n) is 2.52. The summed E-state index contributed by atoms with van der Waals surface area (Å²) in [5, 5.41) is 10.5. The van der Waals surface area contributed by atoms with Crippen molar-refractivity contribution < 1.29 is 5.11 Å². The Morgan fingerprint density at radius 1 is 1.47 bits per heavy atom. The van der Waals surface area contributed by atoms with Crippen molar-refractivity contribution in [3.8, 4) is 5.75 Å². The highest BCUT2D eigenvalue weighted by Gasteiger charge is 2.61. The second-order valence-electron chi connectivity index (χ2n) is 5.01. The van der Waals surface area contributed by atoms with Crippen LogP contribution in [0.3, 0.4) is 0 Å². The monoisotopic (exact) mass is 225 g/mol. The Hall–Kier alpha value is -0.730. The zero-order chi connectivity index (χ0) is 11.3. The molecule has 1 unspecified atom stereocenters. The first-order valence-electron chi connectivity index (χ1n) is 5.12. The molecular formula is C12H16ClNO. The van der Waals surface area contributed by atoms with Gasteiger partial charge in [-0.25, -0.2) is 0 Å². The standard InChI is InChI=1S/C12H16ClNO/c1-11(2)6-12(11,7-14)9-5-8(13)3-4-10(9)15/h3-5,15H,6-7,14H2,1-2H3. The average Bonchev–Trinajstić information content (AvgIpc) is 2.74. The third kappa shape index (κ3) is 1.44. The minimum Gasteiger partial charge on any atom is -0.508 e. The summed E-state index contributed by atoms with van der Waals surface area (Å²) in [4.78, 5) is 0. The minimum atomic E-state index is -0.0953. The van der Waals surface area contributed by atoms with Gasteiger partial charge in [0.15, 0.2) is 0 Å². The summed E-state index contributed by atoms with van der Waals surface area (Å²) >= 11 is 5.95. The van der Waals surface area contributed by atoms with E-state index < -0.39 is 0 Å². The molecule has 0 aromatic heterocycles. The smallest absolute Gasteiger partial charge is 0.119 e. The van der Waals surface area contributed by atoms with E-state index >= 15 is 0 Å². The normalized spacial score (nSPS) is 27.7. The van der Waals surface area contributed by atoms with Gasteiger partial charge in [0.2, 0.25) is 0 Å². The zero-order valence-corrected chi connectivity index (χ0v) is 9.80. The highest BCUT2D eigenvalue weighted by molar-refractivity contribution is 6.30. The first kappa shape index (κ1) is 10.8. The van der Waals surface area contributed by atoms with E-state index in [2.05, 4.69) is 13.8 Å². The topological polar surface area (TPSA) is 46.2 Å². The third-order valence-corrected chi connectivity index (χ3v) is 3.97. The molecule has 0 saturated heterocycles. The first-order valence-corrected chi connectivity index (χ1v) is 5.50. The molecule has 0 bridgehead atoms. The van der Waals surface area contributed by atoms with E-state index in [9.17, 15) is 5.11 Å². The SMILES string of the molecule is CC1(C)CC1(CN)c1cc(Cl)ccc1O. The number of rotatable bonds is 2. The van der Waals surface area contributed by atoms with E-state index in [1.165, 1.54) is 0 Å². The van der Waals surface area contributed by atoms with E-state index in [0.717, 1.165) is 12.0 Å². The quantitative estimate of drug-likeness (QED) is 0.813. The van der Waals surface area contributed by atoms with Gasteiger partial charge in [-0.05, 0) is 30.0 Å². The van der Waals surface area contributed by atoms with Gasteiger partial charge in [0.25, 0.3) is 0 Å². The van der Waals surface area contributed by atoms with Gasteiger partial charge >= 0.3 is 0 Å². The Balaban J connectivity index is 2.50. The maximum atomic E-state index is 9.86. The predicted molar refractivity (Wildman–Crippen MR) is 62.2 cm³/mol. The number of halogens is 1. The van der Waals surface area contributed by atoms with Crippen LogP contribution in [0.4, 0.5) is 0 Å². The van der Waals surface area contributed by atoms with Crippen LogP contribution >= 0.6 is 11.6 Å². The van der Waals surface area contributed by atoms with Crippen molar-refractivity contribution >= 4 is 11.6 Å². The lowest BCUT2D eigenvalue weighted by atomic mass is 9.87. The molecule has 82 valence electrons. The molecule has 1 aromatic rings. The van der Waals surface area contributed by atoms with Crippen molar-refractivity contribution in [2.75, 3.05) is 6.54 Å². The summed E-state index contributed by atoms with van der Waals surface area (Å²) in [6.45, 7) is 4.88. The summed E-state index contributed by atoms with van der Waals surface area (Å²) in [5.41, 5.74) is 6.79. The summed E-state index contributed by atoms with van der Waals surface area (Å²) in [5.74, 6) is 0.301. The largest absolute Gasteiger partial charge is 0.508 e. The van der Waals surface area contributed by atoms with Crippen LogP contribution in [-0.4, -0.2) is 11.7 Å². The first-order chi connectivity index (χ1) is 6.93. The highest BCUT2D eigenvalue weighted by Crippen LogP contribution is 2.65. The van der Waals surface area contributed by atoms with E-state index in [-0.39, 0.29) is 10.8 Å². The molecule has 0 amide bonds. The predicted octanol–water partition coefficient (Wildman–Crippen LogP) is 2.67. The Labute approximate surface area is 95.1 Å². The Morgan fingerprint density at radius 3 is 2.53 bits per heavy atom. The van der Waals surface area contributed by atoms with Gasteiger partial charge in [0, 0.05) is 22.5 Å². The molecule has 2 nitrogen and oxygen atoms in total. The fourth-order valence-corrected chi connectivity index (χ4v) is 2.69. The molecule has 1 fully saturated rings. The molecule has 3 heteroatoms. The molecule has 0 aliphatic heterocycles. The van der Waals surface area contributed by atoms with Crippen LogP contribution in [0, 0.1) is 5.41 Å². The van der Waals surface area contributed by atoms with Crippen molar-refractivity contribution in [2.45, 2.75) is 25.7 Å². The number of nitrogens with two attached hydrogens (primary N) is 1.